The Morgan fingerprint density at radius 2 is 1.77 bits per heavy atom. The summed E-state index contributed by atoms with van der Waals surface area (Å²) in [4.78, 5) is 0. The first-order valence-electron chi connectivity index (χ1n) is 5.52. The molecule has 0 amide bonds. The van der Waals surface area contributed by atoms with E-state index in [9.17, 15) is 0 Å². The molecule has 0 heterocycles. The van der Waals surface area contributed by atoms with Gasteiger partial charge in [0.05, 0.1) is 0 Å². The Morgan fingerprint density at radius 1 is 1.08 bits per heavy atom. The van der Waals surface area contributed by atoms with Crippen molar-refractivity contribution in [2.75, 3.05) is 13.1 Å². The van der Waals surface area contributed by atoms with Crippen molar-refractivity contribution in [3.05, 3.63) is 0 Å². The largest absolute Gasteiger partial charge is 0.330 e. The molecule has 0 aromatic carbocycles. The lowest BCUT2D eigenvalue weighted by atomic mass is 9.92. The topological polar surface area (TPSA) is 64.1 Å². The summed E-state index contributed by atoms with van der Waals surface area (Å²) in [5.41, 5.74) is 11.3. The summed E-state index contributed by atoms with van der Waals surface area (Å²) in [5.74, 6) is 0. The average Bonchev–Trinajstić information content (AvgIpc) is 2.15. The van der Waals surface area contributed by atoms with E-state index < -0.39 is 0 Å². The quantitative estimate of drug-likeness (QED) is 0.549. The monoisotopic (exact) mass is 185 g/mol. The Hall–Kier alpha value is -0.120. The number of rotatable bonds is 5. The van der Waals surface area contributed by atoms with Crippen molar-refractivity contribution < 1.29 is 0 Å². The van der Waals surface area contributed by atoms with Crippen LogP contribution in [0.1, 0.15) is 38.5 Å². The van der Waals surface area contributed by atoms with E-state index in [4.69, 9.17) is 11.5 Å². The Labute approximate surface area is 81.2 Å². The molecule has 0 aromatic rings. The van der Waals surface area contributed by atoms with Crippen molar-refractivity contribution in [2.45, 2.75) is 50.6 Å². The fraction of sp³-hybridized carbons (Fsp3) is 1.00. The number of hydrogen-bond donors (Lipinski definition) is 3. The zero-order valence-corrected chi connectivity index (χ0v) is 8.47. The minimum absolute atomic E-state index is 0.460. The molecule has 1 aliphatic carbocycles. The lowest BCUT2D eigenvalue weighted by Crippen LogP contribution is -2.37. The maximum atomic E-state index is 5.83. The van der Waals surface area contributed by atoms with Gasteiger partial charge in [-0.25, -0.2) is 0 Å². The summed E-state index contributed by atoms with van der Waals surface area (Å²) in [6.45, 7) is 1.94. The lowest BCUT2D eigenvalue weighted by Gasteiger charge is -2.26. The van der Waals surface area contributed by atoms with Crippen LogP contribution < -0.4 is 16.8 Å². The van der Waals surface area contributed by atoms with E-state index in [1.807, 2.05) is 0 Å². The Balaban J connectivity index is 1.96. The highest BCUT2D eigenvalue weighted by molar-refractivity contribution is 4.78. The van der Waals surface area contributed by atoms with Crippen LogP contribution in [0.2, 0.25) is 0 Å². The Morgan fingerprint density at radius 3 is 2.38 bits per heavy atom. The van der Waals surface area contributed by atoms with E-state index in [-0.39, 0.29) is 0 Å². The number of nitrogens with two attached hydrogens (primary N) is 2. The molecule has 78 valence electrons. The Bertz CT molecular complexity index is 119. The first-order chi connectivity index (χ1) is 6.33. The van der Waals surface area contributed by atoms with Gasteiger partial charge in [-0.1, -0.05) is 0 Å². The summed E-state index contributed by atoms with van der Waals surface area (Å²) in [6, 6.07) is 1.18. The molecule has 0 bridgehead atoms. The predicted octanol–water partition coefficient (Wildman–Crippen LogP) is 0.585. The maximum absolute atomic E-state index is 5.83. The van der Waals surface area contributed by atoms with Gasteiger partial charge >= 0.3 is 0 Å². The molecule has 1 aliphatic rings. The molecule has 3 heteroatoms. The van der Waals surface area contributed by atoms with E-state index >= 15 is 0 Å². The maximum Gasteiger partial charge on any atom is 0.00682 e. The first kappa shape index (κ1) is 11.0. The van der Waals surface area contributed by atoms with Gasteiger partial charge in [0.2, 0.25) is 0 Å². The minimum atomic E-state index is 0.460. The number of nitrogens with one attached hydrogen (secondary N) is 1. The molecule has 1 saturated carbocycles. The summed E-state index contributed by atoms with van der Waals surface area (Å²) in [5, 5.41) is 3.57. The molecule has 5 N–H and O–H groups in total. The summed E-state index contributed by atoms with van der Waals surface area (Å²) >= 11 is 0. The first-order valence-corrected chi connectivity index (χ1v) is 5.52. The molecule has 0 saturated heterocycles. The lowest BCUT2D eigenvalue weighted by molar-refractivity contribution is 0.341. The molecule has 0 unspecified atom stereocenters. The van der Waals surface area contributed by atoms with Gasteiger partial charge in [-0.2, -0.15) is 0 Å². The van der Waals surface area contributed by atoms with Crippen molar-refractivity contribution in [3.63, 3.8) is 0 Å². The standard InChI is InChI=1S/C10H23N3/c11-7-1-2-8-13-10-5-3-9(12)4-6-10/h9-10,13H,1-8,11-12H2. The van der Waals surface area contributed by atoms with E-state index in [1.54, 1.807) is 0 Å². The number of unbranched alkanes of at least 4 members (excludes halogenated alkanes) is 1. The second kappa shape index (κ2) is 6.35. The van der Waals surface area contributed by atoms with Crippen molar-refractivity contribution in [3.8, 4) is 0 Å². The summed E-state index contributed by atoms with van der Waals surface area (Å²) < 4.78 is 0. The second-order valence-electron chi connectivity index (χ2n) is 4.06. The Kier molecular flexibility index (Phi) is 5.35. The predicted molar refractivity (Wildman–Crippen MR) is 56.5 cm³/mol. The van der Waals surface area contributed by atoms with Gasteiger partial charge < -0.3 is 16.8 Å². The smallest absolute Gasteiger partial charge is 0.00682 e. The molecule has 0 radical (unpaired) electrons. The van der Waals surface area contributed by atoms with Crippen LogP contribution in [-0.2, 0) is 0 Å². The van der Waals surface area contributed by atoms with Gasteiger partial charge in [-0.3, -0.25) is 0 Å². The van der Waals surface area contributed by atoms with Gasteiger partial charge in [0.1, 0.15) is 0 Å². The molecule has 0 spiro atoms. The fourth-order valence-corrected chi connectivity index (χ4v) is 1.90. The van der Waals surface area contributed by atoms with Crippen LogP contribution >= 0.6 is 0 Å². The molecular formula is C10H23N3. The molecular weight excluding hydrogens is 162 g/mol. The van der Waals surface area contributed by atoms with Crippen LogP contribution in [0, 0.1) is 0 Å². The fourth-order valence-electron chi connectivity index (χ4n) is 1.90. The zero-order valence-electron chi connectivity index (χ0n) is 8.47. The van der Waals surface area contributed by atoms with Crippen LogP contribution in [0.15, 0.2) is 0 Å². The van der Waals surface area contributed by atoms with Crippen LogP contribution in [-0.4, -0.2) is 25.2 Å². The van der Waals surface area contributed by atoms with Gasteiger partial charge in [-0.15, -0.1) is 0 Å². The third-order valence-corrected chi connectivity index (χ3v) is 2.84. The van der Waals surface area contributed by atoms with Crippen molar-refractivity contribution in [1.82, 2.24) is 5.32 Å². The van der Waals surface area contributed by atoms with E-state index in [1.165, 1.54) is 32.1 Å². The molecule has 1 fully saturated rings. The molecule has 0 aliphatic heterocycles. The van der Waals surface area contributed by atoms with Gasteiger partial charge in [0, 0.05) is 12.1 Å². The normalized spacial score (nSPS) is 29.1. The molecule has 13 heavy (non-hydrogen) atoms. The number of hydrogen-bond acceptors (Lipinski definition) is 3. The highest BCUT2D eigenvalue weighted by Gasteiger charge is 2.17. The van der Waals surface area contributed by atoms with Crippen molar-refractivity contribution in [2.24, 2.45) is 11.5 Å². The molecule has 0 atom stereocenters. The van der Waals surface area contributed by atoms with Crippen LogP contribution in [0.25, 0.3) is 0 Å². The SMILES string of the molecule is NCCCCNC1CCC(N)CC1. The third-order valence-electron chi connectivity index (χ3n) is 2.84. The van der Waals surface area contributed by atoms with Gasteiger partial charge in [0.15, 0.2) is 0 Å². The van der Waals surface area contributed by atoms with Gasteiger partial charge in [-0.05, 0) is 51.6 Å². The second-order valence-corrected chi connectivity index (χ2v) is 4.06. The molecule has 0 aromatic heterocycles. The van der Waals surface area contributed by atoms with Crippen LogP contribution in [0.4, 0.5) is 0 Å². The van der Waals surface area contributed by atoms with E-state index in [0.717, 1.165) is 25.6 Å². The summed E-state index contributed by atoms with van der Waals surface area (Å²) in [6.07, 6.45) is 7.23. The van der Waals surface area contributed by atoms with Crippen molar-refractivity contribution >= 4 is 0 Å². The average molecular weight is 185 g/mol. The third kappa shape index (κ3) is 4.60. The molecule has 1 rings (SSSR count). The van der Waals surface area contributed by atoms with Crippen molar-refractivity contribution in [1.29, 1.82) is 0 Å². The van der Waals surface area contributed by atoms with Crippen LogP contribution in [0.5, 0.6) is 0 Å². The highest BCUT2D eigenvalue weighted by atomic mass is 14.9. The summed E-state index contributed by atoms with van der Waals surface area (Å²) in [7, 11) is 0. The van der Waals surface area contributed by atoms with E-state index in [2.05, 4.69) is 5.32 Å². The van der Waals surface area contributed by atoms with Gasteiger partial charge in [0.25, 0.3) is 0 Å². The van der Waals surface area contributed by atoms with Crippen LogP contribution in [0.3, 0.4) is 0 Å². The minimum Gasteiger partial charge on any atom is -0.330 e. The van der Waals surface area contributed by atoms with E-state index in [0.29, 0.717) is 6.04 Å². The highest BCUT2D eigenvalue weighted by Crippen LogP contribution is 2.16. The zero-order chi connectivity index (χ0) is 9.52. The molecule has 3 nitrogen and oxygen atoms in total.